The summed E-state index contributed by atoms with van der Waals surface area (Å²) in [4.78, 5) is 4.16. The highest BCUT2D eigenvalue weighted by Crippen LogP contribution is 2.32. The minimum absolute atomic E-state index is 0.0272. The Bertz CT molecular complexity index is 349. The fourth-order valence-electron chi connectivity index (χ4n) is 2.48. The number of nitrogens with zero attached hydrogens (tertiary/aromatic N) is 1. The third-order valence-electron chi connectivity index (χ3n) is 3.30. The van der Waals surface area contributed by atoms with Crippen molar-refractivity contribution in [3.8, 4) is 5.88 Å². The first kappa shape index (κ1) is 10.1. The van der Waals surface area contributed by atoms with Crippen LogP contribution < -0.4 is 10.1 Å². The molecule has 2 fully saturated rings. The van der Waals surface area contributed by atoms with Crippen LogP contribution in [0.5, 0.6) is 5.88 Å². The van der Waals surface area contributed by atoms with Gasteiger partial charge in [-0.2, -0.15) is 0 Å². The minimum atomic E-state index is 0.0272. The van der Waals surface area contributed by atoms with Crippen LogP contribution in [0.1, 0.15) is 12.8 Å². The SMILES string of the molecule is c1ccc(O[C@H]2CO[C@@]3(CCNC3)C2)nc1. The summed E-state index contributed by atoms with van der Waals surface area (Å²) in [5.74, 6) is 0.694. The lowest BCUT2D eigenvalue weighted by Crippen LogP contribution is -2.31. The van der Waals surface area contributed by atoms with Gasteiger partial charge in [0, 0.05) is 25.2 Å². The molecule has 4 nitrogen and oxygen atoms in total. The van der Waals surface area contributed by atoms with E-state index in [2.05, 4.69) is 10.3 Å². The van der Waals surface area contributed by atoms with Gasteiger partial charge in [0.2, 0.25) is 5.88 Å². The molecular weight excluding hydrogens is 204 g/mol. The van der Waals surface area contributed by atoms with E-state index in [4.69, 9.17) is 9.47 Å². The number of nitrogens with one attached hydrogen (secondary N) is 1. The largest absolute Gasteiger partial charge is 0.472 e. The molecule has 0 aromatic carbocycles. The topological polar surface area (TPSA) is 43.4 Å². The molecule has 16 heavy (non-hydrogen) atoms. The molecule has 0 aliphatic carbocycles. The Balaban J connectivity index is 1.62. The van der Waals surface area contributed by atoms with Gasteiger partial charge in [0.15, 0.2) is 0 Å². The monoisotopic (exact) mass is 220 g/mol. The molecule has 2 atom stereocenters. The van der Waals surface area contributed by atoms with Crippen LogP contribution in [0, 0.1) is 0 Å². The van der Waals surface area contributed by atoms with E-state index >= 15 is 0 Å². The van der Waals surface area contributed by atoms with Gasteiger partial charge in [-0.25, -0.2) is 4.98 Å². The second-order valence-electron chi connectivity index (χ2n) is 4.53. The van der Waals surface area contributed by atoms with E-state index in [1.165, 1.54) is 0 Å². The van der Waals surface area contributed by atoms with E-state index in [0.717, 1.165) is 25.9 Å². The first-order chi connectivity index (χ1) is 7.86. The summed E-state index contributed by atoms with van der Waals surface area (Å²) in [6.45, 7) is 2.68. The highest BCUT2D eigenvalue weighted by atomic mass is 16.6. The molecule has 1 N–H and O–H groups in total. The molecule has 0 amide bonds. The van der Waals surface area contributed by atoms with Gasteiger partial charge in [0.1, 0.15) is 6.10 Å². The number of hydrogen-bond acceptors (Lipinski definition) is 4. The Morgan fingerprint density at radius 3 is 3.25 bits per heavy atom. The lowest BCUT2D eigenvalue weighted by atomic mass is 9.98. The van der Waals surface area contributed by atoms with E-state index in [1.807, 2.05) is 18.2 Å². The van der Waals surface area contributed by atoms with Crippen molar-refractivity contribution in [2.24, 2.45) is 0 Å². The zero-order valence-electron chi connectivity index (χ0n) is 9.19. The Morgan fingerprint density at radius 2 is 2.50 bits per heavy atom. The van der Waals surface area contributed by atoms with Gasteiger partial charge in [-0.1, -0.05) is 6.07 Å². The molecule has 1 aromatic heterocycles. The van der Waals surface area contributed by atoms with Crippen LogP contribution in [0.15, 0.2) is 24.4 Å². The molecule has 1 aromatic rings. The second kappa shape index (κ2) is 4.03. The van der Waals surface area contributed by atoms with Gasteiger partial charge >= 0.3 is 0 Å². The summed E-state index contributed by atoms with van der Waals surface area (Å²) < 4.78 is 11.7. The quantitative estimate of drug-likeness (QED) is 0.807. The maximum atomic E-state index is 5.87. The van der Waals surface area contributed by atoms with Crippen molar-refractivity contribution in [1.82, 2.24) is 10.3 Å². The van der Waals surface area contributed by atoms with E-state index in [9.17, 15) is 0 Å². The van der Waals surface area contributed by atoms with Crippen LogP contribution in [0.2, 0.25) is 0 Å². The van der Waals surface area contributed by atoms with Gasteiger partial charge in [0.05, 0.1) is 12.2 Å². The lowest BCUT2D eigenvalue weighted by molar-refractivity contribution is 0.0180. The molecule has 2 aliphatic heterocycles. The summed E-state index contributed by atoms with van der Waals surface area (Å²) in [6.07, 6.45) is 3.96. The molecule has 4 heteroatoms. The summed E-state index contributed by atoms with van der Waals surface area (Å²) >= 11 is 0. The van der Waals surface area contributed by atoms with Crippen molar-refractivity contribution in [3.05, 3.63) is 24.4 Å². The van der Waals surface area contributed by atoms with Gasteiger partial charge in [0.25, 0.3) is 0 Å². The van der Waals surface area contributed by atoms with E-state index < -0.39 is 0 Å². The normalized spacial score (nSPS) is 33.4. The van der Waals surface area contributed by atoms with Crippen molar-refractivity contribution in [2.45, 2.75) is 24.5 Å². The molecule has 86 valence electrons. The molecule has 3 rings (SSSR count). The molecule has 0 saturated carbocycles. The Kier molecular flexibility index (Phi) is 2.53. The summed E-state index contributed by atoms with van der Waals surface area (Å²) in [7, 11) is 0. The third-order valence-corrected chi connectivity index (χ3v) is 3.30. The molecule has 2 saturated heterocycles. The summed E-state index contributed by atoms with van der Waals surface area (Å²) in [6, 6.07) is 5.71. The Morgan fingerprint density at radius 1 is 1.50 bits per heavy atom. The van der Waals surface area contributed by atoms with Crippen molar-refractivity contribution < 1.29 is 9.47 Å². The highest BCUT2D eigenvalue weighted by Gasteiger charge is 2.43. The molecule has 0 radical (unpaired) electrons. The van der Waals surface area contributed by atoms with Crippen LogP contribution in [0.4, 0.5) is 0 Å². The standard InChI is InChI=1S/C12H16N2O2/c1-2-5-14-11(3-1)16-10-7-12(15-8-10)4-6-13-9-12/h1-3,5,10,13H,4,6-9H2/t10-,12+/m1/s1. The summed E-state index contributed by atoms with van der Waals surface area (Å²) in [5, 5.41) is 3.34. The maximum Gasteiger partial charge on any atom is 0.213 e. The first-order valence-electron chi connectivity index (χ1n) is 5.79. The van der Waals surface area contributed by atoms with Gasteiger partial charge in [-0.3, -0.25) is 0 Å². The molecule has 1 spiro atoms. The minimum Gasteiger partial charge on any atom is -0.472 e. The molecule has 0 bridgehead atoms. The zero-order chi connectivity index (χ0) is 10.8. The first-order valence-corrected chi connectivity index (χ1v) is 5.79. The predicted octanol–water partition coefficient (Wildman–Crippen LogP) is 0.981. The van der Waals surface area contributed by atoms with Crippen LogP contribution in [0.25, 0.3) is 0 Å². The van der Waals surface area contributed by atoms with Crippen LogP contribution >= 0.6 is 0 Å². The van der Waals surface area contributed by atoms with Gasteiger partial charge in [-0.05, 0) is 19.0 Å². The Labute approximate surface area is 95.0 Å². The number of rotatable bonds is 2. The van der Waals surface area contributed by atoms with Gasteiger partial charge < -0.3 is 14.8 Å². The smallest absolute Gasteiger partial charge is 0.213 e. The van der Waals surface area contributed by atoms with Crippen molar-refractivity contribution in [3.63, 3.8) is 0 Å². The predicted molar refractivity (Wildman–Crippen MR) is 59.4 cm³/mol. The average molecular weight is 220 g/mol. The van der Waals surface area contributed by atoms with Crippen molar-refractivity contribution in [1.29, 1.82) is 0 Å². The average Bonchev–Trinajstić information content (AvgIpc) is 2.92. The number of pyridine rings is 1. The van der Waals surface area contributed by atoms with Crippen molar-refractivity contribution in [2.75, 3.05) is 19.7 Å². The van der Waals surface area contributed by atoms with Crippen molar-refractivity contribution >= 4 is 0 Å². The number of hydrogen-bond donors (Lipinski definition) is 1. The maximum absolute atomic E-state index is 5.87. The lowest BCUT2D eigenvalue weighted by Gasteiger charge is -2.20. The van der Waals surface area contributed by atoms with E-state index in [0.29, 0.717) is 12.5 Å². The fourth-order valence-corrected chi connectivity index (χ4v) is 2.48. The third kappa shape index (κ3) is 1.90. The molecule has 3 heterocycles. The van der Waals surface area contributed by atoms with E-state index in [1.54, 1.807) is 6.20 Å². The molecule has 2 aliphatic rings. The van der Waals surface area contributed by atoms with Gasteiger partial charge in [-0.15, -0.1) is 0 Å². The highest BCUT2D eigenvalue weighted by molar-refractivity contribution is 5.10. The second-order valence-corrected chi connectivity index (χ2v) is 4.53. The molecular formula is C12H16N2O2. The van der Waals surface area contributed by atoms with Crippen LogP contribution in [-0.4, -0.2) is 36.4 Å². The summed E-state index contributed by atoms with van der Waals surface area (Å²) in [5.41, 5.74) is 0.0272. The zero-order valence-corrected chi connectivity index (χ0v) is 9.19. The van der Waals surface area contributed by atoms with Crippen LogP contribution in [-0.2, 0) is 4.74 Å². The van der Waals surface area contributed by atoms with E-state index in [-0.39, 0.29) is 11.7 Å². The van der Waals surface area contributed by atoms with Crippen LogP contribution in [0.3, 0.4) is 0 Å². The fraction of sp³-hybridized carbons (Fsp3) is 0.583. The molecule has 0 unspecified atom stereocenters. The number of ether oxygens (including phenoxy) is 2. The number of aromatic nitrogens is 1. The Hall–Kier alpha value is -1.13.